The quantitative estimate of drug-likeness (QED) is 0.514. The fourth-order valence-electron chi connectivity index (χ4n) is 7.04. The van der Waals surface area contributed by atoms with E-state index in [4.69, 9.17) is 0 Å². The maximum absolute atomic E-state index is 15.2. The van der Waals surface area contributed by atoms with Crippen molar-refractivity contribution in [2.24, 2.45) is 34.5 Å². The Morgan fingerprint density at radius 2 is 2.00 bits per heavy atom. The average Bonchev–Trinajstić information content (AvgIpc) is 2.84. The lowest BCUT2D eigenvalue weighted by Crippen LogP contribution is -2.53. The molecule has 0 amide bonds. The molecule has 1 heteroatoms. The second kappa shape index (κ2) is 4.95. The van der Waals surface area contributed by atoms with Crippen molar-refractivity contribution in [2.75, 3.05) is 0 Å². The van der Waals surface area contributed by atoms with Crippen LogP contribution in [0.1, 0.15) is 65.7 Å². The number of alkyl halides is 1. The van der Waals surface area contributed by atoms with Gasteiger partial charge in [-0.1, -0.05) is 51.0 Å². The molecule has 0 radical (unpaired) electrons. The molecule has 3 fully saturated rings. The summed E-state index contributed by atoms with van der Waals surface area (Å²) < 4.78 is 15.2. The SMILES string of the molecule is CC[C@H]1CC[C@H]2[C@@H]3[C@H](F)CC4=CCC=C[C@]4(C)[C@H]3CC[C@]12C. The van der Waals surface area contributed by atoms with Gasteiger partial charge in [0.1, 0.15) is 6.17 Å². The Morgan fingerprint density at radius 1 is 1.18 bits per heavy atom. The molecule has 0 aromatic carbocycles. The summed E-state index contributed by atoms with van der Waals surface area (Å²) in [6.45, 7) is 7.23. The van der Waals surface area contributed by atoms with E-state index in [-0.39, 0.29) is 5.41 Å². The van der Waals surface area contributed by atoms with Gasteiger partial charge < -0.3 is 0 Å². The Morgan fingerprint density at radius 3 is 2.77 bits per heavy atom. The van der Waals surface area contributed by atoms with Gasteiger partial charge in [-0.05, 0) is 61.2 Å². The number of halogens is 1. The number of hydrogen-bond donors (Lipinski definition) is 0. The van der Waals surface area contributed by atoms with Gasteiger partial charge in [0.05, 0.1) is 0 Å². The van der Waals surface area contributed by atoms with Crippen LogP contribution in [0.3, 0.4) is 0 Å². The van der Waals surface area contributed by atoms with Gasteiger partial charge in [0.25, 0.3) is 0 Å². The maximum atomic E-state index is 15.2. The molecule has 0 aliphatic heterocycles. The molecule has 0 nitrogen and oxygen atoms in total. The predicted molar refractivity (Wildman–Crippen MR) is 90.3 cm³/mol. The molecule has 0 bridgehead atoms. The van der Waals surface area contributed by atoms with Gasteiger partial charge >= 0.3 is 0 Å². The van der Waals surface area contributed by atoms with E-state index in [1.54, 1.807) is 0 Å². The van der Waals surface area contributed by atoms with Crippen LogP contribution in [-0.2, 0) is 0 Å². The fourth-order valence-corrected chi connectivity index (χ4v) is 7.04. The van der Waals surface area contributed by atoms with E-state index in [2.05, 4.69) is 39.0 Å². The highest BCUT2D eigenvalue weighted by molar-refractivity contribution is 5.32. The first-order chi connectivity index (χ1) is 10.5. The third-order valence-electron chi connectivity index (χ3n) is 8.28. The summed E-state index contributed by atoms with van der Waals surface area (Å²) in [5.74, 6) is 2.30. The highest BCUT2D eigenvalue weighted by Crippen LogP contribution is 2.66. The predicted octanol–water partition coefficient (Wildman–Crippen LogP) is 6.09. The third kappa shape index (κ3) is 1.80. The van der Waals surface area contributed by atoms with Crippen LogP contribution in [0.2, 0.25) is 0 Å². The molecule has 0 saturated heterocycles. The van der Waals surface area contributed by atoms with E-state index >= 15 is 4.39 Å². The normalized spacial score (nSPS) is 53.5. The summed E-state index contributed by atoms with van der Waals surface area (Å²) in [4.78, 5) is 0. The van der Waals surface area contributed by atoms with Gasteiger partial charge in [0.2, 0.25) is 0 Å². The van der Waals surface area contributed by atoms with Crippen molar-refractivity contribution < 1.29 is 4.39 Å². The van der Waals surface area contributed by atoms with E-state index in [1.165, 1.54) is 37.7 Å². The first-order valence-electron chi connectivity index (χ1n) is 9.52. The fraction of sp³-hybridized carbons (Fsp3) is 0.810. The molecular weight excluding hydrogens is 271 g/mol. The van der Waals surface area contributed by atoms with Crippen LogP contribution in [0.15, 0.2) is 23.8 Å². The van der Waals surface area contributed by atoms with Crippen molar-refractivity contribution in [3.8, 4) is 0 Å². The van der Waals surface area contributed by atoms with E-state index in [0.717, 1.165) is 12.3 Å². The summed E-state index contributed by atoms with van der Waals surface area (Å²) in [6, 6.07) is 0. The molecule has 4 rings (SSSR count). The van der Waals surface area contributed by atoms with Crippen LogP contribution >= 0.6 is 0 Å². The van der Waals surface area contributed by atoms with Crippen LogP contribution in [0.25, 0.3) is 0 Å². The van der Waals surface area contributed by atoms with Crippen LogP contribution in [-0.4, -0.2) is 6.17 Å². The minimum Gasteiger partial charge on any atom is -0.247 e. The first kappa shape index (κ1) is 15.0. The van der Waals surface area contributed by atoms with Crippen LogP contribution < -0.4 is 0 Å². The van der Waals surface area contributed by atoms with Crippen molar-refractivity contribution in [3.05, 3.63) is 23.8 Å². The molecule has 7 atom stereocenters. The Kier molecular flexibility index (Phi) is 3.37. The molecule has 0 N–H and O–H groups in total. The number of hydrogen-bond acceptors (Lipinski definition) is 0. The molecule has 0 aromatic heterocycles. The number of rotatable bonds is 1. The second-order valence-corrected chi connectivity index (χ2v) is 8.89. The van der Waals surface area contributed by atoms with Crippen molar-refractivity contribution in [3.63, 3.8) is 0 Å². The summed E-state index contributed by atoms with van der Waals surface area (Å²) >= 11 is 0. The lowest BCUT2D eigenvalue weighted by molar-refractivity contribution is -0.0706. The van der Waals surface area contributed by atoms with Crippen LogP contribution in [0, 0.1) is 34.5 Å². The van der Waals surface area contributed by atoms with Gasteiger partial charge in [-0.2, -0.15) is 0 Å². The Labute approximate surface area is 135 Å². The van der Waals surface area contributed by atoms with Gasteiger partial charge in [0, 0.05) is 11.8 Å². The van der Waals surface area contributed by atoms with E-state index in [0.29, 0.717) is 29.6 Å². The molecule has 122 valence electrons. The molecular formula is C21H31F. The van der Waals surface area contributed by atoms with Gasteiger partial charge in [-0.15, -0.1) is 0 Å². The lowest BCUT2D eigenvalue weighted by Gasteiger charge is -2.58. The zero-order valence-electron chi connectivity index (χ0n) is 14.4. The van der Waals surface area contributed by atoms with Crippen molar-refractivity contribution in [1.29, 1.82) is 0 Å². The zero-order chi connectivity index (χ0) is 15.5. The number of allylic oxidation sites excluding steroid dienone is 4. The van der Waals surface area contributed by atoms with Crippen molar-refractivity contribution >= 4 is 0 Å². The zero-order valence-corrected chi connectivity index (χ0v) is 14.4. The number of fused-ring (bicyclic) bond motifs is 5. The topological polar surface area (TPSA) is 0 Å². The summed E-state index contributed by atoms with van der Waals surface area (Å²) in [6.07, 6.45) is 14.6. The third-order valence-corrected chi connectivity index (χ3v) is 8.28. The van der Waals surface area contributed by atoms with Gasteiger partial charge in [0.15, 0.2) is 0 Å². The smallest absolute Gasteiger partial charge is 0.107 e. The summed E-state index contributed by atoms with van der Waals surface area (Å²) in [5, 5.41) is 0. The maximum Gasteiger partial charge on any atom is 0.107 e. The largest absolute Gasteiger partial charge is 0.247 e. The monoisotopic (exact) mass is 302 g/mol. The molecule has 22 heavy (non-hydrogen) atoms. The van der Waals surface area contributed by atoms with E-state index in [9.17, 15) is 0 Å². The average molecular weight is 302 g/mol. The second-order valence-electron chi connectivity index (χ2n) is 8.89. The highest BCUT2D eigenvalue weighted by Gasteiger charge is 2.60. The molecule has 0 spiro atoms. The van der Waals surface area contributed by atoms with Crippen molar-refractivity contribution in [2.45, 2.75) is 71.9 Å². The standard InChI is InChI=1S/C21H31F/c1-4-14-8-9-16-19-17(10-12-21(14,16)3)20(2)11-6-5-7-15(20)13-18(19)22/h6-7,11,14,16-19H,4-5,8-10,12-13H2,1-3H3/t14-,16-,17-,18+,19-,20-,21+/m0/s1. The van der Waals surface area contributed by atoms with Crippen LogP contribution in [0.5, 0.6) is 0 Å². The highest BCUT2D eigenvalue weighted by atomic mass is 19.1. The molecule has 3 saturated carbocycles. The van der Waals surface area contributed by atoms with Crippen LogP contribution in [0.4, 0.5) is 4.39 Å². The van der Waals surface area contributed by atoms with E-state index < -0.39 is 6.17 Å². The van der Waals surface area contributed by atoms with E-state index in [1.807, 2.05) is 0 Å². The molecule has 0 heterocycles. The summed E-state index contributed by atoms with van der Waals surface area (Å²) in [7, 11) is 0. The Bertz CT molecular complexity index is 518. The van der Waals surface area contributed by atoms with Gasteiger partial charge in [-0.3, -0.25) is 0 Å². The molecule has 0 aromatic rings. The summed E-state index contributed by atoms with van der Waals surface area (Å²) in [5.41, 5.74) is 1.96. The lowest BCUT2D eigenvalue weighted by atomic mass is 9.47. The molecule has 0 unspecified atom stereocenters. The van der Waals surface area contributed by atoms with Crippen molar-refractivity contribution in [1.82, 2.24) is 0 Å². The minimum absolute atomic E-state index is 0.150. The Balaban J connectivity index is 1.72. The van der Waals surface area contributed by atoms with Gasteiger partial charge in [-0.25, -0.2) is 4.39 Å². The Hall–Kier alpha value is -0.590. The molecule has 4 aliphatic rings. The minimum atomic E-state index is -0.601. The first-order valence-corrected chi connectivity index (χ1v) is 9.52. The molecule has 4 aliphatic carbocycles.